The van der Waals surface area contributed by atoms with E-state index in [1.54, 1.807) is 6.92 Å². The minimum absolute atomic E-state index is 0. The fraction of sp³-hybridized carbons (Fsp3) is 0.529. The smallest absolute Gasteiger partial charge is 0.227 e. The van der Waals surface area contributed by atoms with Gasteiger partial charge in [-0.1, -0.05) is 6.92 Å². The van der Waals surface area contributed by atoms with Gasteiger partial charge >= 0.3 is 0 Å². The van der Waals surface area contributed by atoms with Crippen LogP contribution in [0.4, 0.5) is 11.4 Å². The monoisotopic (exact) mass is 337 g/mol. The van der Waals surface area contributed by atoms with E-state index in [0.29, 0.717) is 5.92 Å². The van der Waals surface area contributed by atoms with Gasteiger partial charge in [-0.25, -0.2) is 0 Å². The first-order valence-corrected chi connectivity index (χ1v) is 7.99. The average molecular weight is 338 g/mol. The Balaban J connectivity index is 0.00000192. The lowest BCUT2D eigenvalue weighted by atomic mass is 9.88. The van der Waals surface area contributed by atoms with Crippen molar-refractivity contribution in [2.45, 2.75) is 26.7 Å². The highest BCUT2D eigenvalue weighted by molar-refractivity contribution is 5.95. The zero-order chi connectivity index (χ0) is 15.7. The van der Waals surface area contributed by atoms with E-state index in [0.717, 1.165) is 49.4 Å². The number of aryl methyl sites for hydroxylation is 1. The molecule has 2 heterocycles. The summed E-state index contributed by atoms with van der Waals surface area (Å²) in [6.45, 7) is 6.20. The minimum atomic E-state index is 0. The van der Waals surface area contributed by atoms with Gasteiger partial charge < -0.3 is 15.5 Å². The standard InChI is InChI=1S/C17H23N3O2.ClH/c1-11(14-9-18-10-14)17(22)19-15-5-6-16-13(8-15)4-3-7-20(16)12(2)21;/h5-6,8,11,14,18H,3-4,7,9-10H2,1-2H3,(H,19,22);1H. The molecule has 0 radical (unpaired) electrons. The number of carbonyl (C=O) groups excluding carboxylic acids is 2. The summed E-state index contributed by atoms with van der Waals surface area (Å²) in [4.78, 5) is 25.8. The SMILES string of the molecule is CC(=O)N1CCCc2cc(NC(=O)C(C)C3CNC3)ccc21.Cl. The van der Waals surface area contributed by atoms with Gasteiger partial charge in [-0.2, -0.15) is 0 Å². The second kappa shape index (κ2) is 7.32. The molecule has 2 amide bonds. The number of anilines is 2. The summed E-state index contributed by atoms with van der Waals surface area (Å²) < 4.78 is 0. The number of fused-ring (bicyclic) bond motifs is 1. The van der Waals surface area contributed by atoms with E-state index in [1.165, 1.54) is 0 Å². The maximum Gasteiger partial charge on any atom is 0.227 e. The van der Waals surface area contributed by atoms with Gasteiger partial charge in [0.15, 0.2) is 0 Å². The van der Waals surface area contributed by atoms with E-state index in [-0.39, 0.29) is 30.1 Å². The van der Waals surface area contributed by atoms with E-state index in [4.69, 9.17) is 0 Å². The van der Waals surface area contributed by atoms with Crippen LogP contribution in [0.15, 0.2) is 18.2 Å². The normalized spacial score (nSPS) is 18.3. The number of nitrogens with one attached hydrogen (secondary N) is 2. The topological polar surface area (TPSA) is 61.4 Å². The molecule has 5 nitrogen and oxygen atoms in total. The molecule has 23 heavy (non-hydrogen) atoms. The van der Waals surface area contributed by atoms with Crippen molar-refractivity contribution in [1.29, 1.82) is 0 Å². The van der Waals surface area contributed by atoms with Crippen molar-refractivity contribution in [2.24, 2.45) is 11.8 Å². The third kappa shape index (κ3) is 3.67. The zero-order valence-corrected chi connectivity index (χ0v) is 14.4. The van der Waals surface area contributed by atoms with Crippen LogP contribution in [0.3, 0.4) is 0 Å². The molecular weight excluding hydrogens is 314 g/mol. The van der Waals surface area contributed by atoms with Gasteiger partial charge in [0.2, 0.25) is 11.8 Å². The van der Waals surface area contributed by atoms with Crippen LogP contribution in [0.1, 0.15) is 25.8 Å². The Labute approximate surface area is 143 Å². The second-order valence-electron chi connectivity index (χ2n) is 6.31. The molecule has 0 bridgehead atoms. The number of carbonyl (C=O) groups is 2. The maximum absolute atomic E-state index is 12.3. The Kier molecular flexibility index (Phi) is 5.65. The molecule has 1 unspecified atom stereocenters. The van der Waals surface area contributed by atoms with Crippen LogP contribution >= 0.6 is 12.4 Å². The van der Waals surface area contributed by atoms with Crippen LogP contribution in [-0.4, -0.2) is 31.4 Å². The molecule has 2 aliphatic heterocycles. The third-order valence-corrected chi connectivity index (χ3v) is 4.78. The molecule has 1 aromatic rings. The molecule has 1 saturated heterocycles. The number of rotatable bonds is 3. The van der Waals surface area contributed by atoms with Gasteiger partial charge in [0.25, 0.3) is 0 Å². The van der Waals surface area contributed by atoms with E-state index < -0.39 is 0 Å². The largest absolute Gasteiger partial charge is 0.326 e. The molecule has 0 saturated carbocycles. The molecule has 1 atom stereocenters. The third-order valence-electron chi connectivity index (χ3n) is 4.78. The van der Waals surface area contributed by atoms with Gasteiger partial charge in [-0.05, 0) is 55.6 Å². The number of nitrogens with zero attached hydrogens (tertiary/aromatic N) is 1. The number of hydrogen-bond acceptors (Lipinski definition) is 3. The highest BCUT2D eigenvalue weighted by Crippen LogP contribution is 2.30. The first-order valence-electron chi connectivity index (χ1n) is 7.99. The zero-order valence-electron chi connectivity index (χ0n) is 13.6. The fourth-order valence-electron chi connectivity index (χ4n) is 3.14. The van der Waals surface area contributed by atoms with Gasteiger partial charge in [-0.15, -0.1) is 12.4 Å². The van der Waals surface area contributed by atoms with Gasteiger partial charge in [-0.3, -0.25) is 9.59 Å². The predicted octanol–water partition coefficient (Wildman–Crippen LogP) is 2.20. The predicted molar refractivity (Wildman–Crippen MR) is 94.2 cm³/mol. The molecule has 126 valence electrons. The summed E-state index contributed by atoms with van der Waals surface area (Å²) in [6.07, 6.45) is 1.92. The van der Waals surface area contributed by atoms with Crippen LogP contribution in [0, 0.1) is 11.8 Å². The van der Waals surface area contributed by atoms with Crippen LogP contribution in [0.5, 0.6) is 0 Å². The van der Waals surface area contributed by atoms with Crippen LogP contribution in [0.25, 0.3) is 0 Å². The van der Waals surface area contributed by atoms with E-state index in [9.17, 15) is 9.59 Å². The molecule has 1 fully saturated rings. The number of benzene rings is 1. The van der Waals surface area contributed by atoms with Gasteiger partial charge in [0.05, 0.1) is 0 Å². The molecule has 0 aliphatic carbocycles. The quantitative estimate of drug-likeness (QED) is 0.889. The van der Waals surface area contributed by atoms with Crippen molar-refractivity contribution < 1.29 is 9.59 Å². The highest BCUT2D eigenvalue weighted by atomic mass is 35.5. The highest BCUT2D eigenvalue weighted by Gasteiger charge is 2.29. The average Bonchev–Trinajstić information content (AvgIpc) is 2.44. The van der Waals surface area contributed by atoms with Crippen molar-refractivity contribution in [2.75, 3.05) is 29.9 Å². The summed E-state index contributed by atoms with van der Waals surface area (Å²) in [5, 5.41) is 6.21. The first kappa shape index (κ1) is 17.8. The molecule has 3 rings (SSSR count). The Morgan fingerprint density at radius 2 is 2.09 bits per heavy atom. The molecule has 1 aromatic carbocycles. The molecule has 0 spiro atoms. The second-order valence-corrected chi connectivity index (χ2v) is 6.31. The van der Waals surface area contributed by atoms with E-state index in [2.05, 4.69) is 10.6 Å². The Bertz CT molecular complexity index is 602. The lowest BCUT2D eigenvalue weighted by molar-refractivity contribution is -0.121. The lowest BCUT2D eigenvalue weighted by Crippen LogP contribution is -2.48. The number of amides is 2. The van der Waals surface area contributed by atoms with Crippen molar-refractivity contribution in [3.8, 4) is 0 Å². The Morgan fingerprint density at radius 3 is 2.70 bits per heavy atom. The lowest BCUT2D eigenvalue weighted by Gasteiger charge is -2.32. The summed E-state index contributed by atoms with van der Waals surface area (Å²) in [5.74, 6) is 0.603. The summed E-state index contributed by atoms with van der Waals surface area (Å²) >= 11 is 0. The molecule has 6 heteroatoms. The molecular formula is C17H24ClN3O2. The molecule has 2 aliphatic rings. The Hall–Kier alpha value is -1.59. The van der Waals surface area contributed by atoms with Crippen molar-refractivity contribution in [1.82, 2.24) is 5.32 Å². The number of halogens is 1. The number of hydrogen-bond donors (Lipinski definition) is 2. The molecule has 0 aromatic heterocycles. The van der Waals surface area contributed by atoms with Crippen LogP contribution in [-0.2, 0) is 16.0 Å². The minimum Gasteiger partial charge on any atom is -0.326 e. The van der Waals surface area contributed by atoms with Crippen molar-refractivity contribution >= 4 is 35.6 Å². The maximum atomic E-state index is 12.3. The van der Waals surface area contributed by atoms with Gasteiger partial charge in [0.1, 0.15) is 0 Å². The van der Waals surface area contributed by atoms with E-state index in [1.807, 2.05) is 30.0 Å². The van der Waals surface area contributed by atoms with Gasteiger partial charge in [0, 0.05) is 30.8 Å². The first-order chi connectivity index (χ1) is 10.6. The molecule has 2 N–H and O–H groups in total. The Morgan fingerprint density at radius 1 is 1.35 bits per heavy atom. The van der Waals surface area contributed by atoms with Crippen LogP contribution in [0.2, 0.25) is 0 Å². The summed E-state index contributed by atoms with van der Waals surface area (Å²) in [7, 11) is 0. The summed E-state index contributed by atoms with van der Waals surface area (Å²) in [6, 6.07) is 5.85. The summed E-state index contributed by atoms with van der Waals surface area (Å²) in [5.41, 5.74) is 2.94. The van der Waals surface area contributed by atoms with Crippen LogP contribution < -0.4 is 15.5 Å². The van der Waals surface area contributed by atoms with Crippen molar-refractivity contribution in [3.05, 3.63) is 23.8 Å². The fourth-order valence-corrected chi connectivity index (χ4v) is 3.14. The van der Waals surface area contributed by atoms with Crippen molar-refractivity contribution in [3.63, 3.8) is 0 Å². The van der Waals surface area contributed by atoms with E-state index >= 15 is 0 Å².